The number of nitrogens with one attached hydrogen (secondary N) is 1. The summed E-state index contributed by atoms with van der Waals surface area (Å²) in [6, 6.07) is 15.1. The van der Waals surface area contributed by atoms with E-state index in [9.17, 15) is 9.59 Å². The van der Waals surface area contributed by atoms with E-state index in [0.717, 1.165) is 47.8 Å². The van der Waals surface area contributed by atoms with E-state index >= 15 is 0 Å². The van der Waals surface area contributed by atoms with Crippen LogP contribution in [0.1, 0.15) is 41.1 Å². The van der Waals surface area contributed by atoms with E-state index in [2.05, 4.69) is 15.2 Å². The zero-order valence-corrected chi connectivity index (χ0v) is 20.8. The lowest BCUT2D eigenvalue weighted by atomic mass is 10.0. The Kier molecular flexibility index (Phi) is 5.71. The summed E-state index contributed by atoms with van der Waals surface area (Å²) < 4.78 is 6.97. The first kappa shape index (κ1) is 23.0. The number of carbonyl (C=O) groups excluding carboxylic acids is 2. The fraction of sp³-hybridized carbons (Fsp3) is 0.296. The van der Waals surface area contributed by atoms with Crippen molar-refractivity contribution in [3.8, 4) is 23.0 Å². The fourth-order valence-electron chi connectivity index (χ4n) is 5.04. The van der Waals surface area contributed by atoms with Crippen LogP contribution in [0, 0.1) is 6.92 Å². The van der Waals surface area contributed by atoms with Crippen molar-refractivity contribution in [3.05, 3.63) is 65.6 Å². The highest BCUT2D eigenvalue weighted by Crippen LogP contribution is 2.33. The summed E-state index contributed by atoms with van der Waals surface area (Å²) in [6.07, 6.45) is 3.13. The minimum atomic E-state index is -0.148. The molecule has 0 unspecified atom stereocenters. The second-order valence-corrected chi connectivity index (χ2v) is 9.26. The molecule has 188 valence electrons. The topological polar surface area (TPSA) is 109 Å². The van der Waals surface area contributed by atoms with Crippen LogP contribution in [-0.2, 0) is 11.2 Å². The molecule has 10 heteroatoms. The third-order valence-electron chi connectivity index (χ3n) is 6.94. The lowest BCUT2D eigenvalue weighted by Crippen LogP contribution is -2.39. The summed E-state index contributed by atoms with van der Waals surface area (Å²) in [4.78, 5) is 34.3. The highest BCUT2D eigenvalue weighted by molar-refractivity contribution is 6.08. The SMILES string of the molecule is COc1ccc(-n2nc(-c3n[nH]c(C)n3)c3c2C(=O)N(c2ccc(N4CCCCC4=O)cc2)CC3)cc1. The first-order valence-corrected chi connectivity index (χ1v) is 12.4. The van der Waals surface area contributed by atoms with Crippen LogP contribution >= 0.6 is 0 Å². The Labute approximate surface area is 213 Å². The van der Waals surface area contributed by atoms with Gasteiger partial charge in [-0.25, -0.2) is 9.67 Å². The number of aromatic amines is 1. The largest absolute Gasteiger partial charge is 0.497 e. The maximum absolute atomic E-state index is 14.0. The van der Waals surface area contributed by atoms with E-state index in [1.54, 1.807) is 16.7 Å². The van der Waals surface area contributed by atoms with Gasteiger partial charge in [0, 0.05) is 36.4 Å². The van der Waals surface area contributed by atoms with Gasteiger partial charge in [-0.1, -0.05) is 0 Å². The van der Waals surface area contributed by atoms with Crippen LogP contribution in [-0.4, -0.2) is 57.0 Å². The molecule has 0 radical (unpaired) electrons. The quantitative estimate of drug-likeness (QED) is 0.450. The van der Waals surface area contributed by atoms with Crippen LogP contribution in [0.3, 0.4) is 0 Å². The maximum Gasteiger partial charge on any atom is 0.277 e. The summed E-state index contributed by atoms with van der Waals surface area (Å²) in [5, 5.41) is 12.0. The lowest BCUT2D eigenvalue weighted by molar-refractivity contribution is -0.119. The molecule has 4 heterocycles. The predicted molar refractivity (Wildman–Crippen MR) is 138 cm³/mol. The highest BCUT2D eigenvalue weighted by atomic mass is 16.5. The summed E-state index contributed by atoms with van der Waals surface area (Å²) in [5.41, 5.74) is 4.30. The van der Waals surface area contributed by atoms with E-state index in [0.29, 0.717) is 42.4 Å². The van der Waals surface area contributed by atoms with Crippen molar-refractivity contribution < 1.29 is 14.3 Å². The van der Waals surface area contributed by atoms with Gasteiger partial charge in [0.2, 0.25) is 11.7 Å². The van der Waals surface area contributed by atoms with Crippen LogP contribution in [0.4, 0.5) is 11.4 Å². The van der Waals surface area contributed by atoms with Crippen LogP contribution < -0.4 is 14.5 Å². The normalized spacial score (nSPS) is 15.7. The molecule has 2 aromatic carbocycles. The molecule has 2 amide bonds. The Morgan fingerprint density at radius 2 is 1.57 bits per heavy atom. The van der Waals surface area contributed by atoms with E-state index in [-0.39, 0.29) is 11.8 Å². The van der Waals surface area contributed by atoms with Crippen molar-refractivity contribution in [2.45, 2.75) is 32.6 Å². The molecule has 1 N–H and O–H groups in total. The number of ether oxygens (including phenoxy) is 1. The zero-order valence-electron chi connectivity index (χ0n) is 20.8. The molecule has 6 rings (SSSR count). The number of hydrogen-bond donors (Lipinski definition) is 1. The molecular weight excluding hydrogens is 470 g/mol. The predicted octanol–water partition coefficient (Wildman–Crippen LogP) is 3.69. The number of aryl methyl sites for hydroxylation is 1. The molecule has 10 nitrogen and oxygen atoms in total. The molecule has 1 saturated heterocycles. The molecule has 0 atom stereocenters. The van der Waals surface area contributed by atoms with Gasteiger partial charge in [-0.2, -0.15) is 10.2 Å². The Morgan fingerprint density at radius 3 is 2.22 bits per heavy atom. The van der Waals surface area contributed by atoms with Crippen molar-refractivity contribution in [1.29, 1.82) is 0 Å². The number of piperidine rings is 1. The number of amides is 2. The second-order valence-electron chi connectivity index (χ2n) is 9.26. The summed E-state index contributed by atoms with van der Waals surface area (Å²) >= 11 is 0. The molecule has 0 saturated carbocycles. The molecule has 0 bridgehead atoms. The number of rotatable bonds is 5. The molecule has 37 heavy (non-hydrogen) atoms. The number of benzene rings is 2. The first-order valence-electron chi connectivity index (χ1n) is 12.4. The molecule has 0 spiro atoms. The van der Waals surface area contributed by atoms with Gasteiger partial charge >= 0.3 is 0 Å². The monoisotopic (exact) mass is 497 g/mol. The maximum atomic E-state index is 14.0. The smallest absolute Gasteiger partial charge is 0.277 e. The number of nitrogens with zero attached hydrogens (tertiary/aromatic N) is 6. The molecule has 4 aromatic rings. The Hall–Kier alpha value is -4.47. The van der Waals surface area contributed by atoms with E-state index in [1.165, 1.54) is 0 Å². The third kappa shape index (κ3) is 4.04. The summed E-state index contributed by atoms with van der Waals surface area (Å²) in [7, 11) is 1.61. The van der Waals surface area contributed by atoms with Crippen molar-refractivity contribution in [1.82, 2.24) is 25.0 Å². The molecule has 2 aromatic heterocycles. The van der Waals surface area contributed by atoms with Crippen LogP contribution in [0.5, 0.6) is 5.75 Å². The minimum Gasteiger partial charge on any atom is -0.497 e. The van der Waals surface area contributed by atoms with E-state index in [4.69, 9.17) is 9.84 Å². The molecule has 0 aliphatic carbocycles. The average molecular weight is 498 g/mol. The van der Waals surface area contributed by atoms with Crippen LogP contribution in [0.2, 0.25) is 0 Å². The van der Waals surface area contributed by atoms with Crippen molar-refractivity contribution in [2.75, 3.05) is 30.0 Å². The second kappa shape index (κ2) is 9.20. The molecule has 2 aliphatic rings. The average Bonchev–Trinajstić information content (AvgIpc) is 3.53. The number of aromatic nitrogens is 5. The molecular formula is C27H27N7O3. The summed E-state index contributed by atoms with van der Waals surface area (Å²) in [6.45, 7) is 3.06. The highest BCUT2D eigenvalue weighted by Gasteiger charge is 2.34. The fourth-order valence-corrected chi connectivity index (χ4v) is 5.04. The standard InChI is InChI=1S/C27H27N7O3/c1-17-28-26(30-29-17)24-22-14-16-33(19-8-6-18(7-9-19)32-15-4-3-5-23(32)35)27(36)25(22)34(31-24)20-10-12-21(37-2)13-11-20/h6-13H,3-5,14-16H2,1-2H3,(H,28,29,30). The van der Waals surface area contributed by atoms with Crippen LogP contribution in [0.15, 0.2) is 48.5 Å². The number of methoxy groups -OCH3 is 1. The number of H-pyrrole nitrogens is 1. The number of hydrogen-bond acceptors (Lipinski definition) is 6. The Morgan fingerprint density at radius 1 is 0.865 bits per heavy atom. The van der Waals surface area contributed by atoms with Gasteiger partial charge in [0.1, 0.15) is 23.0 Å². The summed E-state index contributed by atoms with van der Waals surface area (Å²) in [5.74, 6) is 1.87. The number of fused-ring (bicyclic) bond motifs is 1. The van der Waals surface area contributed by atoms with Gasteiger partial charge in [0.25, 0.3) is 5.91 Å². The number of anilines is 2. The van der Waals surface area contributed by atoms with E-state index in [1.807, 2.05) is 60.4 Å². The Balaban J connectivity index is 1.38. The van der Waals surface area contributed by atoms with E-state index < -0.39 is 0 Å². The molecule has 2 aliphatic heterocycles. The zero-order chi connectivity index (χ0) is 25.5. The Bertz CT molecular complexity index is 1470. The first-order chi connectivity index (χ1) is 18.0. The van der Waals surface area contributed by atoms with Crippen molar-refractivity contribution >= 4 is 23.2 Å². The number of carbonyl (C=O) groups is 2. The lowest BCUT2D eigenvalue weighted by Gasteiger charge is -2.29. The van der Waals surface area contributed by atoms with Crippen LogP contribution in [0.25, 0.3) is 17.2 Å². The van der Waals surface area contributed by atoms with Gasteiger partial charge in [0.15, 0.2) is 0 Å². The van der Waals surface area contributed by atoms with Gasteiger partial charge in [0.05, 0.1) is 12.8 Å². The van der Waals surface area contributed by atoms with Gasteiger partial charge in [-0.15, -0.1) is 0 Å². The van der Waals surface area contributed by atoms with Crippen molar-refractivity contribution in [2.24, 2.45) is 0 Å². The van der Waals surface area contributed by atoms with Gasteiger partial charge in [-0.05, 0) is 74.7 Å². The van der Waals surface area contributed by atoms with Crippen molar-refractivity contribution in [3.63, 3.8) is 0 Å². The van der Waals surface area contributed by atoms with Gasteiger partial charge < -0.3 is 14.5 Å². The third-order valence-corrected chi connectivity index (χ3v) is 6.94. The minimum absolute atomic E-state index is 0.148. The van der Waals surface area contributed by atoms with Gasteiger partial charge in [-0.3, -0.25) is 14.7 Å². The molecule has 1 fully saturated rings.